The summed E-state index contributed by atoms with van der Waals surface area (Å²) in [6.07, 6.45) is 8.04. The molecule has 4 rings (SSSR count). The highest BCUT2D eigenvalue weighted by atomic mass is 16.5. The molecule has 0 radical (unpaired) electrons. The van der Waals surface area contributed by atoms with Crippen molar-refractivity contribution in [3.05, 3.63) is 77.9 Å². The van der Waals surface area contributed by atoms with Crippen LogP contribution >= 0.6 is 0 Å². The van der Waals surface area contributed by atoms with E-state index in [1.807, 2.05) is 35.9 Å². The van der Waals surface area contributed by atoms with Crippen molar-refractivity contribution in [2.24, 2.45) is 5.92 Å². The van der Waals surface area contributed by atoms with Crippen molar-refractivity contribution in [2.75, 3.05) is 7.11 Å². The molecule has 1 saturated carbocycles. The maximum absolute atomic E-state index is 12.9. The molecular weight excluding hydrogens is 362 g/mol. The zero-order chi connectivity index (χ0) is 20.2. The number of rotatable bonds is 6. The van der Waals surface area contributed by atoms with Crippen LogP contribution in [0.2, 0.25) is 0 Å². The molecule has 2 aromatic carbocycles. The highest BCUT2D eigenvalue weighted by Gasteiger charge is 2.29. The number of amides is 1. The van der Waals surface area contributed by atoms with Gasteiger partial charge in [0.15, 0.2) is 0 Å². The van der Waals surface area contributed by atoms with E-state index in [-0.39, 0.29) is 11.9 Å². The predicted molar refractivity (Wildman–Crippen MR) is 114 cm³/mol. The minimum Gasteiger partial charge on any atom is -0.495 e. The molecule has 0 aliphatic heterocycles. The van der Waals surface area contributed by atoms with Crippen LogP contribution in [0, 0.1) is 12.8 Å². The molecule has 1 N–H and O–H groups in total. The van der Waals surface area contributed by atoms with Gasteiger partial charge in [0, 0.05) is 17.8 Å². The Kier molecular flexibility index (Phi) is 5.65. The Balaban J connectivity index is 1.47. The quantitative estimate of drug-likeness (QED) is 0.683. The monoisotopic (exact) mass is 389 g/mol. The van der Waals surface area contributed by atoms with E-state index < -0.39 is 0 Å². The minimum absolute atomic E-state index is 0.0402. The molecule has 1 heterocycles. The molecule has 5 nitrogen and oxygen atoms in total. The summed E-state index contributed by atoms with van der Waals surface area (Å²) >= 11 is 0. The van der Waals surface area contributed by atoms with Crippen molar-refractivity contribution in [3.63, 3.8) is 0 Å². The number of hydrogen-bond acceptors (Lipinski definition) is 3. The maximum Gasteiger partial charge on any atom is 0.251 e. The Morgan fingerprint density at radius 3 is 2.76 bits per heavy atom. The maximum atomic E-state index is 12.9. The standard InChI is InChI=1S/C24H27N3O2/c1-17-15-27(16-25-17)22-12-11-20(14-23(22)29-2)24(28)26-21-10-6-9-19(21)13-18-7-4-3-5-8-18/h3-5,7-8,11-12,14-16,19,21H,6,9-10,13H2,1-2H3,(H,26,28)/t19-,21-/m1/s1. The van der Waals surface area contributed by atoms with Crippen molar-refractivity contribution in [2.45, 2.75) is 38.6 Å². The zero-order valence-electron chi connectivity index (χ0n) is 17.0. The normalized spacial score (nSPS) is 18.6. The first-order valence-corrected chi connectivity index (χ1v) is 10.2. The van der Waals surface area contributed by atoms with E-state index in [1.165, 1.54) is 5.56 Å². The number of carbonyl (C=O) groups is 1. The third-order valence-electron chi connectivity index (χ3n) is 5.75. The lowest BCUT2D eigenvalue weighted by atomic mass is 9.94. The zero-order valence-corrected chi connectivity index (χ0v) is 17.0. The van der Waals surface area contributed by atoms with Gasteiger partial charge in [0.1, 0.15) is 5.75 Å². The van der Waals surface area contributed by atoms with Crippen molar-refractivity contribution < 1.29 is 9.53 Å². The first-order valence-electron chi connectivity index (χ1n) is 10.2. The third kappa shape index (κ3) is 4.34. The Labute approximate surface area is 171 Å². The van der Waals surface area contributed by atoms with Crippen LogP contribution in [-0.2, 0) is 6.42 Å². The van der Waals surface area contributed by atoms with Crippen LogP contribution in [0.15, 0.2) is 61.1 Å². The van der Waals surface area contributed by atoms with Gasteiger partial charge in [-0.05, 0) is 55.9 Å². The second-order valence-electron chi connectivity index (χ2n) is 7.77. The van der Waals surface area contributed by atoms with Crippen LogP contribution in [0.4, 0.5) is 0 Å². The summed E-state index contributed by atoms with van der Waals surface area (Å²) in [5.41, 5.74) is 3.75. The molecule has 0 bridgehead atoms. The number of aromatic nitrogens is 2. The molecule has 1 aliphatic rings. The summed E-state index contributed by atoms with van der Waals surface area (Å²) in [6.45, 7) is 1.94. The summed E-state index contributed by atoms with van der Waals surface area (Å²) in [6, 6.07) is 16.3. The number of carbonyl (C=O) groups excluding carboxylic acids is 1. The fourth-order valence-electron chi connectivity index (χ4n) is 4.22. The number of nitrogens with one attached hydrogen (secondary N) is 1. The number of benzene rings is 2. The summed E-state index contributed by atoms with van der Waals surface area (Å²) < 4.78 is 7.45. The number of methoxy groups -OCH3 is 1. The fourth-order valence-corrected chi connectivity index (χ4v) is 4.22. The second kappa shape index (κ2) is 8.52. The minimum atomic E-state index is -0.0402. The van der Waals surface area contributed by atoms with Crippen molar-refractivity contribution in [1.29, 1.82) is 0 Å². The highest BCUT2D eigenvalue weighted by Crippen LogP contribution is 2.30. The largest absolute Gasteiger partial charge is 0.495 e. The van der Waals surface area contributed by atoms with Gasteiger partial charge >= 0.3 is 0 Å². The number of hydrogen-bond donors (Lipinski definition) is 1. The van der Waals surface area contributed by atoms with Gasteiger partial charge in [-0.25, -0.2) is 4.98 Å². The van der Waals surface area contributed by atoms with Crippen molar-refractivity contribution in [1.82, 2.24) is 14.9 Å². The van der Waals surface area contributed by atoms with Crippen LogP contribution in [-0.4, -0.2) is 28.6 Å². The van der Waals surface area contributed by atoms with E-state index in [0.29, 0.717) is 17.2 Å². The van der Waals surface area contributed by atoms with Gasteiger partial charge < -0.3 is 14.6 Å². The molecule has 5 heteroatoms. The molecule has 150 valence electrons. The van der Waals surface area contributed by atoms with Crippen molar-refractivity contribution in [3.8, 4) is 11.4 Å². The Bertz CT molecular complexity index is 981. The van der Waals surface area contributed by atoms with Gasteiger partial charge in [0.05, 0.1) is 24.8 Å². The molecule has 3 aromatic rings. The second-order valence-corrected chi connectivity index (χ2v) is 7.77. The number of nitrogens with zero attached hydrogens (tertiary/aromatic N) is 2. The Morgan fingerprint density at radius 1 is 1.21 bits per heavy atom. The summed E-state index contributed by atoms with van der Waals surface area (Å²) in [4.78, 5) is 17.2. The molecule has 1 fully saturated rings. The lowest BCUT2D eigenvalue weighted by Crippen LogP contribution is -2.38. The molecule has 1 amide bonds. The molecule has 0 saturated heterocycles. The predicted octanol–water partition coefficient (Wildman–Crippen LogP) is 4.33. The Morgan fingerprint density at radius 2 is 2.03 bits per heavy atom. The van der Waals surface area contributed by atoms with Gasteiger partial charge in [-0.1, -0.05) is 36.8 Å². The summed E-state index contributed by atoms with van der Waals surface area (Å²) in [5.74, 6) is 1.10. The number of aryl methyl sites for hydroxylation is 1. The van der Waals surface area contributed by atoms with Gasteiger partial charge in [-0.3, -0.25) is 4.79 Å². The third-order valence-corrected chi connectivity index (χ3v) is 5.75. The average molecular weight is 389 g/mol. The molecular formula is C24H27N3O2. The van der Waals surface area contributed by atoms with E-state index >= 15 is 0 Å². The number of ether oxygens (including phenoxy) is 1. The van der Waals surface area contributed by atoms with Crippen LogP contribution in [0.3, 0.4) is 0 Å². The topological polar surface area (TPSA) is 56.1 Å². The average Bonchev–Trinajstić information content (AvgIpc) is 3.37. The summed E-state index contributed by atoms with van der Waals surface area (Å²) in [5, 5.41) is 3.27. The van der Waals surface area contributed by atoms with E-state index in [0.717, 1.165) is 37.1 Å². The lowest BCUT2D eigenvalue weighted by molar-refractivity contribution is 0.0927. The van der Waals surface area contributed by atoms with E-state index in [9.17, 15) is 4.79 Å². The smallest absolute Gasteiger partial charge is 0.251 e. The van der Waals surface area contributed by atoms with E-state index in [2.05, 4.69) is 34.6 Å². The SMILES string of the molecule is COc1cc(C(=O)N[C@@H]2CCC[C@@H]2Cc2ccccc2)ccc1-n1cnc(C)c1. The first kappa shape index (κ1) is 19.2. The van der Waals surface area contributed by atoms with Gasteiger partial charge in [0.25, 0.3) is 5.91 Å². The van der Waals surface area contributed by atoms with Gasteiger partial charge in [0.2, 0.25) is 0 Å². The highest BCUT2D eigenvalue weighted by molar-refractivity contribution is 5.95. The lowest BCUT2D eigenvalue weighted by Gasteiger charge is -2.21. The van der Waals surface area contributed by atoms with Crippen molar-refractivity contribution >= 4 is 5.91 Å². The van der Waals surface area contributed by atoms with Crippen LogP contribution in [0.5, 0.6) is 5.75 Å². The van der Waals surface area contributed by atoms with Crippen LogP contribution in [0.1, 0.15) is 40.9 Å². The molecule has 1 aromatic heterocycles. The fraction of sp³-hybridized carbons (Fsp3) is 0.333. The van der Waals surface area contributed by atoms with E-state index in [1.54, 1.807) is 19.5 Å². The van der Waals surface area contributed by atoms with Gasteiger partial charge in [-0.15, -0.1) is 0 Å². The molecule has 0 unspecified atom stereocenters. The van der Waals surface area contributed by atoms with Crippen LogP contribution < -0.4 is 10.1 Å². The summed E-state index contributed by atoms with van der Waals surface area (Å²) in [7, 11) is 1.62. The van der Waals surface area contributed by atoms with E-state index in [4.69, 9.17) is 4.74 Å². The molecule has 2 atom stereocenters. The molecule has 0 spiro atoms. The van der Waals surface area contributed by atoms with Gasteiger partial charge in [-0.2, -0.15) is 0 Å². The van der Waals surface area contributed by atoms with Crippen LogP contribution in [0.25, 0.3) is 5.69 Å². The number of imidazole rings is 1. The molecule has 29 heavy (non-hydrogen) atoms. The molecule has 1 aliphatic carbocycles. The Hall–Kier alpha value is -3.08. The first-order chi connectivity index (χ1) is 14.1.